The second kappa shape index (κ2) is 6.52. The zero-order valence-electron chi connectivity index (χ0n) is 12.2. The van der Waals surface area contributed by atoms with Crippen LogP contribution in [0.5, 0.6) is 0 Å². The smallest absolute Gasteiger partial charge is 0.251 e. The minimum absolute atomic E-state index is 0.0660. The van der Waals surface area contributed by atoms with Gasteiger partial charge in [0.05, 0.1) is 11.0 Å². The summed E-state index contributed by atoms with van der Waals surface area (Å²) in [6.07, 6.45) is 0.812. The number of methoxy groups -OCH3 is 1. The van der Waals surface area contributed by atoms with E-state index in [2.05, 4.69) is 29.1 Å². The molecule has 0 saturated heterocycles. The number of ether oxygens (including phenoxy) is 1. The third kappa shape index (κ3) is 3.36. The molecule has 108 valence electrons. The van der Waals surface area contributed by atoms with Gasteiger partial charge in [0.1, 0.15) is 5.82 Å². The number of nitrogens with one attached hydrogen (secondary N) is 2. The predicted octanol–water partition coefficient (Wildman–Crippen LogP) is 2.45. The number of aromatic nitrogens is 2. The lowest BCUT2D eigenvalue weighted by molar-refractivity contribution is 0.0948. The topological polar surface area (TPSA) is 67.0 Å². The van der Waals surface area contributed by atoms with E-state index in [1.165, 1.54) is 0 Å². The van der Waals surface area contributed by atoms with Gasteiger partial charge in [-0.25, -0.2) is 4.98 Å². The Morgan fingerprint density at radius 1 is 1.45 bits per heavy atom. The maximum Gasteiger partial charge on any atom is 0.251 e. The summed E-state index contributed by atoms with van der Waals surface area (Å²) >= 11 is 0. The van der Waals surface area contributed by atoms with Crippen LogP contribution in [0, 0.1) is 0 Å². The van der Waals surface area contributed by atoms with E-state index in [4.69, 9.17) is 4.74 Å². The number of aromatic amines is 1. The van der Waals surface area contributed by atoms with Crippen LogP contribution in [0.1, 0.15) is 42.4 Å². The highest BCUT2D eigenvalue weighted by Gasteiger charge is 2.10. The highest BCUT2D eigenvalue weighted by molar-refractivity contribution is 5.97. The molecule has 5 nitrogen and oxygen atoms in total. The first-order chi connectivity index (χ1) is 9.61. The van der Waals surface area contributed by atoms with E-state index < -0.39 is 0 Å². The molecule has 0 saturated carbocycles. The number of rotatable bonds is 6. The summed E-state index contributed by atoms with van der Waals surface area (Å²) < 4.78 is 4.95. The molecule has 2 rings (SSSR count). The summed E-state index contributed by atoms with van der Waals surface area (Å²) in [6.45, 7) is 5.44. The van der Waals surface area contributed by atoms with Crippen molar-refractivity contribution < 1.29 is 9.53 Å². The molecular formula is C15H21N3O2. The standard InChI is InChI=1S/C15H21N3O2/c1-10(2)14-17-12-6-5-11(9-13(12)18-14)15(19)16-7-4-8-20-3/h5-6,9-10H,4,7-8H2,1-3H3,(H,16,19)(H,17,18). The number of amides is 1. The number of carbonyl (C=O) groups excluding carboxylic acids is 1. The molecule has 1 aromatic heterocycles. The van der Waals surface area contributed by atoms with Gasteiger partial charge in [0.15, 0.2) is 0 Å². The second-order valence-corrected chi connectivity index (χ2v) is 5.11. The minimum Gasteiger partial charge on any atom is -0.385 e. The van der Waals surface area contributed by atoms with Crippen molar-refractivity contribution >= 4 is 16.9 Å². The molecule has 0 aliphatic rings. The van der Waals surface area contributed by atoms with Crippen molar-refractivity contribution in [3.05, 3.63) is 29.6 Å². The van der Waals surface area contributed by atoms with E-state index in [1.54, 1.807) is 13.2 Å². The fraction of sp³-hybridized carbons (Fsp3) is 0.467. The average molecular weight is 275 g/mol. The van der Waals surface area contributed by atoms with E-state index in [0.29, 0.717) is 24.6 Å². The van der Waals surface area contributed by atoms with Crippen molar-refractivity contribution in [2.24, 2.45) is 0 Å². The predicted molar refractivity (Wildman–Crippen MR) is 79.0 cm³/mol. The zero-order valence-corrected chi connectivity index (χ0v) is 12.2. The van der Waals surface area contributed by atoms with Gasteiger partial charge >= 0.3 is 0 Å². The number of carbonyl (C=O) groups is 1. The third-order valence-corrected chi connectivity index (χ3v) is 3.12. The van der Waals surface area contributed by atoms with Crippen LogP contribution in [0.3, 0.4) is 0 Å². The Labute approximate surface area is 118 Å². The molecule has 0 atom stereocenters. The summed E-state index contributed by atoms with van der Waals surface area (Å²) in [4.78, 5) is 19.8. The van der Waals surface area contributed by atoms with Crippen LogP contribution in [0.4, 0.5) is 0 Å². The molecule has 0 unspecified atom stereocenters. The third-order valence-electron chi connectivity index (χ3n) is 3.12. The lowest BCUT2D eigenvalue weighted by atomic mass is 10.2. The van der Waals surface area contributed by atoms with Gasteiger partial charge in [0.25, 0.3) is 5.91 Å². The Bertz CT molecular complexity index is 590. The quantitative estimate of drug-likeness (QED) is 0.796. The molecule has 1 heterocycles. The van der Waals surface area contributed by atoms with E-state index in [0.717, 1.165) is 23.3 Å². The van der Waals surface area contributed by atoms with Gasteiger partial charge in [0, 0.05) is 31.7 Å². The van der Waals surface area contributed by atoms with Crippen LogP contribution < -0.4 is 5.32 Å². The highest BCUT2D eigenvalue weighted by atomic mass is 16.5. The maximum absolute atomic E-state index is 12.0. The van der Waals surface area contributed by atoms with Gasteiger partial charge < -0.3 is 15.0 Å². The van der Waals surface area contributed by atoms with Gasteiger partial charge in [0.2, 0.25) is 0 Å². The molecular weight excluding hydrogens is 254 g/mol. The number of nitrogens with zero attached hydrogens (tertiary/aromatic N) is 1. The molecule has 1 amide bonds. The molecule has 0 aliphatic carbocycles. The van der Waals surface area contributed by atoms with Gasteiger partial charge in [-0.1, -0.05) is 13.8 Å². The molecule has 0 fully saturated rings. The van der Waals surface area contributed by atoms with Crippen molar-refractivity contribution in [3.63, 3.8) is 0 Å². The van der Waals surface area contributed by atoms with E-state index in [1.807, 2.05) is 12.1 Å². The fourth-order valence-electron chi connectivity index (χ4n) is 1.96. The van der Waals surface area contributed by atoms with Crippen molar-refractivity contribution in [2.45, 2.75) is 26.2 Å². The first-order valence-corrected chi connectivity index (χ1v) is 6.88. The molecule has 0 aliphatic heterocycles. The average Bonchev–Trinajstić information content (AvgIpc) is 2.86. The number of H-pyrrole nitrogens is 1. The molecule has 0 bridgehead atoms. The number of imidazole rings is 1. The van der Waals surface area contributed by atoms with Gasteiger partial charge in [-0.05, 0) is 24.6 Å². The number of benzene rings is 1. The normalized spacial score (nSPS) is 11.2. The van der Waals surface area contributed by atoms with Crippen molar-refractivity contribution in [1.82, 2.24) is 15.3 Å². The Balaban J connectivity index is 2.08. The minimum atomic E-state index is -0.0660. The first-order valence-electron chi connectivity index (χ1n) is 6.88. The van der Waals surface area contributed by atoms with Crippen molar-refractivity contribution in [3.8, 4) is 0 Å². The Morgan fingerprint density at radius 3 is 2.95 bits per heavy atom. The summed E-state index contributed by atoms with van der Waals surface area (Å²) in [7, 11) is 1.65. The molecule has 2 N–H and O–H groups in total. The molecule has 5 heteroatoms. The van der Waals surface area contributed by atoms with Gasteiger partial charge in [-0.15, -0.1) is 0 Å². The summed E-state index contributed by atoms with van der Waals surface area (Å²) in [5.74, 6) is 1.22. The van der Waals surface area contributed by atoms with Crippen LogP contribution >= 0.6 is 0 Å². The van der Waals surface area contributed by atoms with Crippen LogP contribution in [0.15, 0.2) is 18.2 Å². The van der Waals surface area contributed by atoms with Crippen LogP contribution in [-0.4, -0.2) is 36.1 Å². The van der Waals surface area contributed by atoms with Crippen LogP contribution in [0.2, 0.25) is 0 Å². The molecule has 20 heavy (non-hydrogen) atoms. The largest absolute Gasteiger partial charge is 0.385 e. The number of hydrogen-bond donors (Lipinski definition) is 2. The highest BCUT2D eigenvalue weighted by Crippen LogP contribution is 2.18. The lowest BCUT2D eigenvalue weighted by Crippen LogP contribution is -2.25. The maximum atomic E-state index is 12.0. The monoisotopic (exact) mass is 275 g/mol. The van der Waals surface area contributed by atoms with Gasteiger partial charge in [-0.3, -0.25) is 4.79 Å². The van der Waals surface area contributed by atoms with E-state index in [-0.39, 0.29) is 5.91 Å². The molecule has 0 spiro atoms. The fourth-order valence-corrected chi connectivity index (χ4v) is 1.96. The number of hydrogen-bond acceptors (Lipinski definition) is 3. The van der Waals surface area contributed by atoms with Gasteiger partial charge in [-0.2, -0.15) is 0 Å². The van der Waals surface area contributed by atoms with Crippen molar-refractivity contribution in [2.75, 3.05) is 20.3 Å². The molecule has 2 aromatic rings. The summed E-state index contributed by atoms with van der Waals surface area (Å²) in [6, 6.07) is 5.53. The first kappa shape index (κ1) is 14.5. The Morgan fingerprint density at radius 2 is 2.25 bits per heavy atom. The van der Waals surface area contributed by atoms with Crippen molar-refractivity contribution in [1.29, 1.82) is 0 Å². The Hall–Kier alpha value is -1.88. The molecule has 0 radical (unpaired) electrons. The Kier molecular flexibility index (Phi) is 4.74. The second-order valence-electron chi connectivity index (χ2n) is 5.11. The summed E-state index contributed by atoms with van der Waals surface area (Å²) in [5, 5.41) is 2.87. The summed E-state index contributed by atoms with van der Waals surface area (Å²) in [5.41, 5.74) is 2.44. The van der Waals surface area contributed by atoms with Crippen LogP contribution in [-0.2, 0) is 4.74 Å². The van der Waals surface area contributed by atoms with E-state index in [9.17, 15) is 4.79 Å². The van der Waals surface area contributed by atoms with Crippen LogP contribution in [0.25, 0.3) is 11.0 Å². The number of fused-ring (bicyclic) bond motifs is 1. The lowest BCUT2D eigenvalue weighted by Gasteiger charge is -2.04. The SMILES string of the molecule is COCCCNC(=O)c1ccc2nc(C(C)C)[nH]c2c1. The zero-order chi connectivity index (χ0) is 14.5. The van der Waals surface area contributed by atoms with E-state index >= 15 is 0 Å². The molecule has 1 aromatic carbocycles.